The molecule has 0 aromatic carbocycles. The summed E-state index contributed by atoms with van der Waals surface area (Å²) in [4.78, 5) is 23.0. The third-order valence-electron chi connectivity index (χ3n) is 4.68. The molecule has 1 aliphatic carbocycles. The largest absolute Gasteiger partial charge is 0.356 e. The lowest BCUT2D eigenvalue weighted by Crippen LogP contribution is -2.40. The molecule has 0 bridgehead atoms. The molecule has 0 unspecified atom stereocenters. The monoisotopic (exact) mass is 312 g/mol. The lowest BCUT2D eigenvalue weighted by molar-refractivity contribution is -0.133. The molecule has 6 heteroatoms. The fraction of sp³-hybridized carbons (Fsp3) is 0.529. The number of likely N-dealkylation sites (tertiary alicyclic amines) is 1. The number of aryl methyl sites for hydroxylation is 1. The molecule has 0 radical (unpaired) electrons. The molecule has 23 heavy (non-hydrogen) atoms. The summed E-state index contributed by atoms with van der Waals surface area (Å²) in [5.41, 5.74) is 2.69. The van der Waals surface area contributed by atoms with Crippen LogP contribution in [0.2, 0.25) is 0 Å². The lowest BCUT2D eigenvalue weighted by Gasteiger charge is -2.33. The van der Waals surface area contributed by atoms with Gasteiger partial charge >= 0.3 is 0 Å². The van der Waals surface area contributed by atoms with Gasteiger partial charge in [0.15, 0.2) is 5.76 Å². The van der Waals surface area contributed by atoms with Crippen LogP contribution in [0.15, 0.2) is 23.1 Å². The highest BCUT2D eigenvalue weighted by Crippen LogP contribution is 2.36. The molecule has 120 valence electrons. The van der Waals surface area contributed by atoms with Gasteiger partial charge in [0.05, 0.1) is 17.0 Å². The minimum absolute atomic E-state index is 0.231. The minimum Gasteiger partial charge on any atom is -0.356 e. The van der Waals surface area contributed by atoms with Crippen LogP contribution in [0.5, 0.6) is 0 Å². The van der Waals surface area contributed by atoms with E-state index in [-0.39, 0.29) is 11.8 Å². The van der Waals surface area contributed by atoms with Crippen LogP contribution in [0.4, 0.5) is 0 Å². The van der Waals surface area contributed by atoms with Crippen LogP contribution in [0.1, 0.15) is 43.0 Å². The van der Waals surface area contributed by atoms with Gasteiger partial charge in [-0.3, -0.25) is 4.79 Å². The molecule has 2 aliphatic rings. The Morgan fingerprint density at radius 1 is 1.35 bits per heavy atom. The number of nitrogens with zero attached hydrogens (tertiary/aromatic N) is 4. The SMILES string of the molecule is Cc1cc(-c2cncnc2[C@H]2CCCN(C(=O)C3CC3)C2)on1. The Labute approximate surface area is 134 Å². The first-order valence-corrected chi connectivity index (χ1v) is 8.25. The van der Waals surface area contributed by atoms with Gasteiger partial charge < -0.3 is 9.42 Å². The van der Waals surface area contributed by atoms with Crippen LogP contribution >= 0.6 is 0 Å². The second-order valence-corrected chi connectivity index (χ2v) is 6.55. The highest BCUT2D eigenvalue weighted by Gasteiger charge is 2.36. The lowest BCUT2D eigenvalue weighted by atomic mass is 9.91. The van der Waals surface area contributed by atoms with Gasteiger partial charge in [-0.15, -0.1) is 0 Å². The zero-order chi connectivity index (χ0) is 15.8. The maximum absolute atomic E-state index is 12.4. The first kappa shape index (κ1) is 14.4. The van der Waals surface area contributed by atoms with E-state index >= 15 is 0 Å². The van der Waals surface area contributed by atoms with E-state index in [2.05, 4.69) is 15.1 Å². The summed E-state index contributed by atoms with van der Waals surface area (Å²) in [5, 5.41) is 3.96. The number of hydrogen-bond donors (Lipinski definition) is 0. The number of carbonyl (C=O) groups is 1. The summed E-state index contributed by atoms with van der Waals surface area (Å²) in [5.74, 6) is 1.52. The Kier molecular flexibility index (Phi) is 3.59. The van der Waals surface area contributed by atoms with Crippen molar-refractivity contribution in [2.24, 2.45) is 5.92 Å². The fourth-order valence-corrected chi connectivity index (χ4v) is 3.33. The van der Waals surface area contributed by atoms with E-state index < -0.39 is 0 Å². The number of aromatic nitrogens is 3. The molecule has 1 saturated carbocycles. The maximum atomic E-state index is 12.4. The van der Waals surface area contributed by atoms with Crippen LogP contribution < -0.4 is 0 Å². The van der Waals surface area contributed by atoms with Crippen molar-refractivity contribution in [3.05, 3.63) is 30.0 Å². The molecule has 1 amide bonds. The molecule has 3 heterocycles. The Balaban J connectivity index is 1.61. The standard InChI is InChI=1S/C17H20N4O2/c1-11-7-15(23-20-11)14-8-18-10-19-16(14)13-3-2-6-21(9-13)17(22)12-4-5-12/h7-8,10,12-13H,2-6,9H2,1H3/t13-/m0/s1. The summed E-state index contributed by atoms with van der Waals surface area (Å²) in [6, 6.07) is 1.90. The van der Waals surface area contributed by atoms with Crippen LogP contribution in [0, 0.1) is 12.8 Å². The summed E-state index contributed by atoms with van der Waals surface area (Å²) < 4.78 is 5.39. The predicted octanol–water partition coefficient (Wildman–Crippen LogP) is 2.56. The van der Waals surface area contributed by atoms with Crippen LogP contribution in [0.3, 0.4) is 0 Å². The molecule has 0 spiro atoms. The first-order valence-electron chi connectivity index (χ1n) is 8.25. The molecule has 1 saturated heterocycles. The predicted molar refractivity (Wildman–Crippen MR) is 83.5 cm³/mol. The Morgan fingerprint density at radius 3 is 2.96 bits per heavy atom. The smallest absolute Gasteiger partial charge is 0.225 e. The molecule has 1 aliphatic heterocycles. The highest BCUT2D eigenvalue weighted by atomic mass is 16.5. The number of rotatable bonds is 3. The van der Waals surface area contributed by atoms with Gasteiger partial charge in [-0.1, -0.05) is 5.16 Å². The Morgan fingerprint density at radius 2 is 2.22 bits per heavy atom. The van der Waals surface area contributed by atoms with E-state index in [9.17, 15) is 4.79 Å². The van der Waals surface area contributed by atoms with E-state index in [0.717, 1.165) is 55.7 Å². The molecular weight excluding hydrogens is 292 g/mol. The third kappa shape index (κ3) is 2.85. The summed E-state index contributed by atoms with van der Waals surface area (Å²) in [6.45, 7) is 3.51. The average molecular weight is 312 g/mol. The normalized spacial score (nSPS) is 21.4. The van der Waals surface area contributed by atoms with Gasteiger partial charge in [-0.25, -0.2) is 9.97 Å². The Hall–Kier alpha value is -2.24. The first-order chi connectivity index (χ1) is 11.2. The van der Waals surface area contributed by atoms with Crippen molar-refractivity contribution >= 4 is 5.91 Å². The van der Waals surface area contributed by atoms with Crippen molar-refractivity contribution in [1.29, 1.82) is 0 Å². The summed E-state index contributed by atoms with van der Waals surface area (Å²) in [6.07, 6.45) is 7.51. The molecule has 2 fully saturated rings. The van der Waals surface area contributed by atoms with Gasteiger partial charge in [-0.05, 0) is 32.6 Å². The molecule has 2 aromatic heterocycles. The average Bonchev–Trinajstić information content (AvgIpc) is 3.35. The van der Waals surface area contributed by atoms with Crippen LogP contribution in [-0.4, -0.2) is 39.0 Å². The van der Waals surface area contributed by atoms with Crippen molar-refractivity contribution in [2.45, 2.75) is 38.5 Å². The zero-order valence-electron chi connectivity index (χ0n) is 13.2. The third-order valence-corrected chi connectivity index (χ3v) is 4.68. The van der Waals surface area contributed by atoms with Crippen molar-refractivity contribution in [3.8, 4) is 11.3 Å². The highest BCUT2D eigenvalue weighted by molar-refractivity contribution is 5.81. The van der Waals surface area contributed by atoms with Gasteiger partial charge in [0, 0.05) is 37.2 Å². The van der Waals surface area contributed by atoms with Crippen molar-refractivity contribution in [2.75, 3.05) is 13.1 Å². The molecule has 6 nitrogen and oxygen atoms in total. The number of piperidine rings is 1. The quantitative estimate of drug-likeness (QED) is 0.871. The molecule has 2 aromatic rings. The summed E-state index contributed by atoms with van der Waals surface area (Å²) >= 11 is 0. The van der Waals surface area contributed by atoms with E-state index in [1.54, 1.807) is 12.5 Å². The minimum atomic E-state index is 0.231. The van der Waals surface area contributed by atoms with Crippen LogP contribution in [-0.2, 0) is 4.79 Å². The van der Waals surface area contributed by atoms with Gasteiger partial charge in [0.25, 0.3) is 0 Å². The van der Waals surface area contributed by atoms with Crippen LogP contribution in [0.25, 0.3) is 11.3 Å². The maximum Gasteiger partial charge on any atom is 0.225 e. The number of hydrogen-bond acceptors (Lipinski definition) is 5. The van der Waals surface area contributed by atoms with Crippen molar-refractivity contribution in [3.63, 3.8) is 0 Å². The Bertz CT molecular complexity index is 723. The van der Waals surface area contributed by atoms with Gasteiger partial charge in [0.2, 0.25) is 5.91 Å². The summed E-state index contributed by atoms with van der Waals surface area (Å²) in [7, 11) is 0. The molecule has 0 N–H and O–H groups in total. The van der Waals surface area contributed by atoms with E-state index in [0.29, 0.717) is 11.7 Å². The number of carbonyl (C=O) groups excluding carboxylic acids is 1. The number of amides is 1. The van der Waals surface area contributed by atoms with Crippen molar-refractivity contribution < 1.29 is 9.32 Å². The van der Waals surface area contributed by atoms with E-state index in [4.69, 9.17) is 4.52 Å². The molecule has 1 atom stereocenters. The second kappa shape index (κ2) is 5.76. The second-order valence-electron chi connectivity index (χ2n) is 6.55. The van der Waals surface area contributed by atoms with Gasteiger partial charge in [0.1, 0.15) is 6.33 Å². The fourth-order valence-electron chi connectivity index (χ4n) is 3.33. The topological polar surface area (TPSA) is 72.1 Å². The van der Waals surface area contributed by atoms with E-state index in [1.807, 2.05) is 17.9 Å². The van der Waals surface area contributed by atoms with Crippen molar-refractivity contribution in [1.82, 2.24) is 20.0 Å². The van der Waals surface area contributed by atoms with Gasteiger partial charge in [-0.2, -0.15) is 0 Å². The van der Waals surface area contributed by atoms with E-state index in [1.165, 1.54) is 0 Å². The molecular formula is C17H20N4O2. The molecule has 4 rings (SSSR count). The zero-order valence-corrected chi connectivity index (χ0v) is 13.2.